The summed E-state index contributed by atoms with van der Waals surface area (Å²) in [6.45, 7) is 1.98. The second-order valence-electron chi connectivity index (χ2n) is 5.30. The molecule has 0 fully saturated rings. The van der Waals surface area contributed by atoms with Gasteiger partial charge in [-0.1, -0.05) is 6.07 Å². The quantitative estimate of drug-likeness (QED) is 0.845. The molecule has 0 radical (unpaired) electrons. The summed E-state index contributed by atoms with van der Waals surface area (Å²) in [4.78, 5) is 21.7. The number of aldehydes is 1. The number of anilines is 3. The Morgan fingerprint density at radius 2 is 2.18 bits per heavy atom. The van der Waals surface area contributed by atoms with Crippen LogP contribution in [0.2, 0.25) is 0 Å². The average molecular weight is 295 g/mol. The molecule has 2 aromatic heterocycles. The van der Waals surface area contributed by atoms with Crippen molar-refractivity contribution in [3.63, 3.8) is 0 Å². The molecular weight excluding hydrogens is 278 g/mol. The Morgan fingerprint density at radius 1 is 1.36 bits per heavy atom. The topological polar surface area (TPSA) is 84.1 Å². The minimum absolute atomic E-state index is 0.348. The fourth-order valence-electron chi connectivity index (χ4n) is 2.45. The number of nitrogens with two attached hydrogens (primary N) is 1. The van der Waals surface area contributed by atoms with Crippen molar-refractivity contribution in [3.05, 3.63) is 47.3 Å². The van der Waals surface area contributed by atoms with Crippen molar-refractivity contribution in [2.24, 2.45) is 0 Å². The second kappa shape index (κ2) is 5.48. The lowest BCUT2D eigenvalue weighted by atomic mass is 9.98. The van der Waals surface area contributed by atoms with E-state index in [1.807, 2.05) is 49.3 Å². The molecule has 6 nitrogen and oxygen atoms in total. The lowest BCUT2D eigenvalue weighted by Crippen LogP contribution is -2.25. The SMILES string of the molecule is Cc1ccc(Nc2cc3c(c(N)n2)C(C=O)N(C)C=C3)nc1. The van der Waals surface area contributed by atoms with Gasteiger partial charge in [0, 0.05) is 25.0 Å². The molecule has 1 aliphatic rings. The number of carbonyl (C=O) groups excluding carboxylic acids is 1. The number of likely N-dealkylation sites (N-methyl/N-ethyl adjacent to an activating group) is 1. The van der Waals surface area contributed by atoms with Gasteiger partial charge in [0.15, 0.2) is 0 Å². The number of hydrogen-bond acceptors (Lipinski definition) is 6. The number of aryl methyl sites for hydroxylation is 1. The zero-order valence-electron chi connectivity index (χ0n) is 12.4. The molecular formula is C16H17N5O. The summed E-state index contributed by atoms with van der Waals surface area (Å²) in [5, 5.41) is 3.13. The monoisotopic (exact) mass is 295 g/mol. The zero-order valence-corrected chi connectivity index (χ0v) is 12.4. The van der Waals surface area contributed by atoms with E-state index in [2.05, 4.69) is 15.3 Å². The molecule has 3 rings (SSSR count). The first-order chi connectivity index (χ1) is 10.6. The van der Waals surface area contributed by atoms with Crippen LogP contribution < -0.4 is 11.1 Å². The number of nitrogen functional groups attached to an aromatic ring is 1. The van der Waals surface area contributed by atoms with Crippen LogP contribution in [-0.2, 0) is 4.79 Å². The van der Waals surface area contributed by atoms with Gasteiger partial charge in [0.2, 0.25) is 0 Å². The minimum Gasteiger partial charge on any atom is -0.383 e. The van der Waals surface area contributed by atoms with E-state index in [1.165, 1.54) is 0 Å². The van der Waals surface area contributed by atoms with Gasteiger partial charge in [-0.2, -0.15) is 0 Å². The van der Waals surface area contributed by atoms with E-state index in [4.69, 9.17) is 5.73 Å². The van der Waals surface area contributed by atoms with Crippen LogP contribution in [0.3, 0.4) is 0 Å². The van der Waals surface area contributed by atoms with E-state index in [-0.39, 0.29) is 0 Å². The fraction of sp³-hybridized carbons (Fsp3) is 0.188. The summed E-state index contributed by atoms with van der Waals surface area (Å²) >= 11 is 0. The van der Waals surface area contributed by atoms with E-state index in [0.29, 0.717) is 17.5 Å². The first kappa shape index (κ1) is 14.1. The van der Waals surface area contributed by atoms with Gasteiger partial charge in [-0.15, -0.1) is 0 Å². The van der Waals surface area contributed by atoms with Crippen LogP contribution in [0.4, 0.5) is 17.5 Å². The van der Waals surface area contributed by atoms with Crippen molar-refractivity contribution >= 4 is 29.8 Å². The molecule has 0 bridgehead atoms. The van der Waals surface area contributed by atoms with Gasteiger partial charge in [0.25, 0.3) is 0 Å². The highest BCUT2D eigenvalue weighted by atomic mass is 16.1. The third kappa shape index (κ3) is 2.50. The van der Waals surface area contributed by atoms with E-state index >= 15 is 0 Å². The first-order valence-electron chi connectivity index (χ1n) is 6.94. The predicted molar refractivity (Wildman–Crippen MR) is 86.5 cm³/mol. The summed E-state index contributed by atoms with van der Waals surface area (Å²) in [5.41, 5.74) is 8.77. The minimum atomic E-state index is -0.404. The number of fused-ring (bicyclic) bond motifs is 1. The molecule has 0 spiro atoms. The van der Waals surface area contributed by atoms with Crippen molar-refractivity contribution in [1.82, 2.24) is 14.9 Å². The summed E-state index contributed by atoms with van der Waals surface area (Å²) in [6.07, 6.45) is 6.42. The molecule has 0 amide bonds. The van der Waals surface area contributed by atoms with Crippen LogP contribution >= 0.6 is 0 Å². The molecule has 0 aliphatic carbocycles. The van der Waals surface area contributed by atoms with Crippen molar-refractivity contribution in [2.45, 2.75) is 13.0 Å². The van der Waals surface area contributed by atoms with Crippen LogP contribution in [0.5, 0.6) is 0 Å². The maximum absolute atomic E-state index is 11.3. The first-order valence-corrected chi connectivity index (χ1v) is 6.94. The second-order valence-corrected chi connectivity index (χ2v) is 5.30. The van der Waals surface area contributed by atoms with Crippen LogP contribution in [0.15, 0.2) is 30.6 Å². The largest absolute Gasteiger partial charge is 0.383 e. The maximum atomic E-state index is 11.3. The predicted octanol–water partition coefficient (Wildman–Crippen LogP) is 2.27. The third-order valence-electron chi connectivity index (χ3n) is 3.64. The molecule has 1 atom stereocenters. The van der Waals surface area contributed by atoms with Crippen LogP contribution in [0, 0.1) is 6.92 Å². The molecule has 1 aliphatic heterocycles. The number of hydrogen-bond donors (Lipinski definition) is 2. The van der Waals surface area contributed by atoms with E-state index in [9.17, 15) is 4.79 Å². The molecule has 3 heterocycles. The normalized spacial score (nSPS) is 16.3. The van der Waals surface area contributed by atoms with Gasteiger partial charge in [-0.3, -0.25) is 0 Å². The highest BCUT2D eigenvalue weighted by Gasteiger charge is 2.24. The van der Waals surface area contributed by atoms with E-state index in [1.54, 1.807) is 6.20 Å². The van der Waals surface area contributed by atoms with Gasteiger partial charge < -0.3 is 20.7 Å². The summed E-state index contributed by atoms with van der Waals surface area (Å²) < 4.78 is 0. The van der Waals surface area contributed by atoms with Gasteiger partial charge in [-0.25, -0.2) is 9.97 Å². The fourth-order valence-corrected chi connectivity index (χ4v) is 2.45. The molecule has 6 heteroatoms. The van der Waals surface area contributed by atoms with Gasteiger partial charge >= 0.3 is 0 Å². The molecule has 0 aromatic carbocycles. The molecule has 112 valence electrons. The lowest BCUT2D eigenvalue weighted by molar-refractivity contribution is -0.111. The van der Waals surface area contributed by atoms with Crippen molar-refractivity contribution in [3.8, 4) is 0 Å². The van der Waals surface area contributed by atoms with E-state index in [0.717, 1.165) is 23.0 Å². The lowest BCUT2D eigenvalue weighted by Gasteiger charge is -2.28. The van der Waals surface area contributed by atoms with Gasteiger partial charge in [0.05, 0.1) is 0 Å². The smallest absolute Gasteiger partial charge is 0.147 e. The van der Waals surface area contributed by atoms with Crippen LogP contribution in [0.25, 0.3) is 6.08 Å². The van der Waals surface area contributed by atoms with Crippen molar-refractivity contribution < 1.29 is 4.79 Å². The van der Waals surface area contributed by atoms with Crippen molar-refractivity contribution in [1.29, 1.82) is 0 Å². The maximum Gasteiger partial charge on any atom is 0.147 e. The number of rotatable bonds is 3. The number of nitrogens with one attached hydrogen (secondary N) is 1. The number of pyridine rings is 2. The molecule has 0 saturated heterocycles. The Labute approximate surface area is 128 Å². The molecule has 2 aromatic rings. The molecule has 3 N–H and O–H groups in total. The third-order valence-corrected chi connectivity index (χ3v) is 3.64. The summed E-state index contributed by atoms with van der Waals surface area (Å²) in [7, 11) is 1.83. The molecule has 22 heavy (non-hydrogen) atoms. The highest BCUT2D eigenvalue weighted by Crippen LogP contribution is 2.33. The van der Waals surface area contributed by atoms with E-state index < -0.39 is 6.04 Å². The number of carbonyl (C=O) groups is 1. The summed E-state index contributed by atoms with van der Waals surface area (Å²) in [6, 6.07) is 5.31. The Balaban J connectivity index is 1.97. The Bertz CT molecular complexity index is 739. The molecule has 1 unspecified atom stereocenters. The Morgan fingerprint density at radius 3 is 2.86 bits per heavy atom. The standard InChI is InChI=1S/C16H17N5O/c1-10-3-4-13(18-8-10)19-14-7-11-5-6-21(2)12(9-22)15(11)16(17)20-14/h3-9,12H,1-2H3,(H3,17,18,19,20). The van der Waals surface area contributed by atoms with Crippen LogP contribution in [-0.4, -0.2) is 28.2 Å². The van der Waals surface area contributed by atoms with Gasteiger partial charge in [-0.05, 0) is 36.3 Å². The van der Waals surface area contributed by atoms with Gasteiger partial charge in [0.1, 0.15) is 29.8 Å². The zero-order chi connectivity index (χ0) is 15.7. The van der Waals surface area contributed by atoms with Crippen LogP contribution in [0.1, 0.15) is 22.7 Å². The molecule has 0 saturated carbocycles. The average Bonchev–Trinajstić information content (AvgIpc) is 2.50. The summed E-state index contributed by atoms with van der Waals surface area (Å²) in [5.74, 6) is 1.65. The highest BCUT2D eigenvalue weighted by molar-refractivity contribution is 5.76. The number of aromatic nitrogens is 2. The Hall–Kier alpha value is -2.89. The van der Waals surface area contributed by atoms with Crippen molar-refractivity contribution in [2.75, 3.05) is 18.1 Å². The Kier molecular flexibility index (Phi) is 3.50. The number of nitrogens with zero attached hydrogens (tertiary/aromatic N) is 3.